The highest BCUT2D eigenvalue weighted by molar-refractivity contribution is 5.92. The number of carboxylic acids is 1. The van der Waals surface area contributed by atoms with Crippen molar-refractivity contribution in [1.82, 2.24) is 5.32 Å². The van der Waals surface area contributed by atoms with Crippen LogP contribution >= 0.6 is 0 Å². The number of carbonyl (C=O) groups excluding carboxylic acids is 1. The summed E-state index contributed by atoms with van der Waals surface area (Å²) >= 11 is 0. The molecule has 1 aromatic carbocycles. The number of carboxylic acid groups (broad SMARTS) is 1. The van der Waals surface area contributed by atoms with Crippen LogP contribution in [0.4, 0.5) is 10.5 Å². The molecule has 21 heavy (non-hydrogen) atoms. The number of urea groups is 1. The maximum Gasteiger partial charge on any atom is 0.326 e. The molecule has 2 amide bonds. The molecule has 1 rings (SSSR count). The lowest BCUT2D eigenvalue weighted by molar-refractivity contribution is -0.139. The summed E-state index contributed by atoms with van der Waals surface area (Å²) in [6.45, 7) is 5.72. The van der Waals surface area contributed by atoms with E-state index in [1.165, 1.54) is 0 Å². The zero-order chi connectivity index (χ0) is 15.8. The molecule has 0 saturated heterocycles. The number of carbonyl (C=O) groups is 2. The van der Waals surface area contributed by atoms with Crippen LogP contribution in [-0.2, 0) is 4.79 Å². The second-order valence-corrected chi connectivity index (χ2v) is 4.97. The van der Waals surface area contributed by atoms with E-state index in [0.29, 0.717) is 24.3 Å². The van der Waals surface area contributed by atoms with E-state index in [1.807, 2.05) is 20.8 Å². The summed E-state index contributed by atoms with van der Waals surface area (Å²) in [5.41, 5.74) is 0.573. The SMILES string of the molecule is CCCC(NC(=O)Nc1ccc(OC(C)C)cc1)C(=O)O. The maximum absolute atomic E-state index is 11.7. The third kappa shape index (κ3) is 6.16. The molecular formula is C15H22N2O4. The molecule has 0 heterocycles. The third-order valence-electron chi connectivity index (χ3n) is 2.66. The largest absolute Gasteiger partial charge is 0.491 e. The van der Waals surface area contributed by atoms with Crippen LogP contribution in [0.5, 0.6) is 5.75 Å². The van der Waals surface area contributed by atoms with E-state index in [-0.39, 0.29) is 6.10 Å². The third-order valence-corrected chi connectivity index (χ3v) is 2.66. The highest BCUT2D eigenvalue weighted by atomic mass is 16.5. The van der Waals surface area contributed by atoms with Gasteiger partial charge in [0.25, 0.3) is 0 Å². The molecule has 0 fully saturated rings. The number of anilines is 1. The Balaban J connectivity index is 2.56. The molecule has 6 nitrogen and oxygen atoms in total. The van der Waals surface area contributed by atoms with Gasteiger partial charge in [-0.15, -0.1) is 0 Å². The lowest BCUT2D eigenvalue weighted by Gasteiger charge is -2.15. The molecule has 0 spiro atoms. The Bertz CT molecular complexity index is 471. The number of amides is 2. The number of benzene rings is 1. The van der Waals surface area contributed by atoms with E-state index >= 15 is 0 Å². The Kier molecular flexibility index (Phi) is 6.52. The monoisotopic (exact) mass is 294 g/mol. The first-order valence-corrected chi connectivity index (χ1v) is 6.99. The van der Waals surface area contributed by atoms with E-state index in [1.54, 1.807) is 24.3 Å². The molecular weight excluding hydrogens is 272 g/mol. The minimum Gasteiger partial charge on any atom is -0.491 e. The fourth-order valence-corrected chi connectivity index (χ4v) is 1.76. The van der Waals surface area contributed by atoms with Gasteiger partial charge in [-0.25, -0.2) is 9.59 Å². The highest BCUT2D eigenvalue weighted by Gasteiger charge is 2.18. The maximum atomic E-state index is 11.7. The topological polar surface area (TPSA) is 87.7 Å². The van der Waals surface area contributed by atoms with Gasteiger partial charge in [0.2, 0.25) is 0 Å². The number of nitrogens with one attached hydrogen (secondary N) is 2. The minimum atomic E-state index is -1.03. The van der Waals surface area contributed by atoms with Crippen LogP contribution in [0.1, 0.15) is 33.6 Å². The minimum absolute atomic E-state index is 0.0810. The standard InChI is InChI=1S/C15H22N2O4/c1-4-5-13(14(18)19)17-15(20)16-11-6-8-12(9-7-11)21-10(2)3/h6-10,13H,4-5H2,1-3H3,(H,18,19)(H2,16,17,20). The number of rotatable bonds is 7. The molecule has 0 aromatic heterocycles. The van der Waals surface area contributed by atoms with Gasteiger partial charge in [0.1, 0.15) is 11.8 Å². The summed E-state index contributed by atoms with van der Waals surface area (Å²) in [7, 11) is 0. The second-order valence-electron chi connectivity index (χ2n) is 4.97. The average Bonchev–Trinajstić information content (AvgIpc) is 2.40. The lowest BCUT2D eigenvalue weighted by atomic mass is 10.2. The van der Waals surface area contributed by atoms with Crippen molar-refractivity contribution in [2.24, 2.45) is 0 Å². The van der Waals surface area contributed by atoms with Gasteiger partial charge in [-0.05, 0) is 44.5 Å². The highest BCUT2D eigenvalue weighted by Crippen LogP contribution is 2.16. The zero-order valence-electron chi connectivity index (χ0n) is 12.6. The Labute approximate surface area is 124 Å². The van der Waals surface area contributed by atoms with Crippen molar-refractivity contribution < 1.29 is 19.4 Å². The van der Waals surface area contributed by atoms with Crippen molar-refractivity contribution in [2.45, 2.75) is 45.8 Å². The van der Waals surface area contributed by atoms with Gasteiger partial charge in [0.15, 0.2) is 0 Å². The summed E-state index contributed by atoms with van der Waals surface area (Å²) in [5.74, 6) is -0.321. The Morgan fingerprint density at radius 3 is 2.33 bits per heavy atom. The molecule has 6 heteroatoms. The van der Waals surface area contributed by atoms with Crippen LogP contribution in [0.15, 0.2) is 24.3 Å². The van der Waals surface area contributed by atoms with Gasteiger partial charge in [-0.1, -0.05) is 13.3 Å². The summed E-state index contributed by atoms with van der Waals surface area (Å²) in [5, 5.41) is 14.0. The normalized spacial score (nSPS) is 11.8. The quantitative estimate of drug-likeness (QED) is 0.721. The lowest BCUT2D eigenvalue weighted by Crippen LogP contribution is -2.42. The molecule has 0 bridgehead atoms. The molecule has 0 aliphatic rings. The van der Waals surface area contributed by atoms with Crippen LogP contribution in [0.25, 0.3) is 0 Å². The van der Waals surface area contributed by atoms with E-state index in [9.17, 15) is 9.59 Å². The van der Waals surface area contributed by atoms with Crippen LogP contribution in [-0.4, -0.2) is 29.3 Å². The average molecular weight is 294 g/mol. The molecule has 0 saturated carbocycles. The summed E-state index contributed by atoms with van der Waals surface area (Å²) < 4.78 is 5.50. The van der Waals surface area contributed by atoms with Crippen LogP contribution in [0.2, 0.25) is 0 Å². The number of hydrogen-bond donors (Lipinski definition) is 3. The van der Waals surface area contributed by atoms with Gasteiger partial charge >= 0.3 is 12.0 Å². The van der Waals surface area contributed by atoms with Crippen molar-refractivity contribution in [2.75, 3.05) is 5.32 Å². The predicted molar refractivity (Wildman–Crippen MR) is 80.7 cm³/mol. The Hall–Kier alpha value is -2.24. The molecule has 0 radical (unpaired) electrons. The van der Waals surface area contributed by atoms with Crippen LogP contribution in [0, 0.1) is 0 Å². The molecule has 1 unspecified atom stereocenters. The first kappa shape index (κ1) is 16.8. The summed E-state index contributed by atoms with van der Waals surface area (Å²) in [6.07, 6.45) is 1.15. The predicted octanol–water partition coefficient (Wildman–Crippen LogP) is 2.85. The van der Waals surface area contributed by atoms with Gasteiger partial charge in [0, 0.05) is 5.69 Å². The molecule has 0 aliphatic heterocycles. The fourth-order valence-electron chi connectivity index (χ4n) is 1.76. The zero-order valence-corrected chi connectivity index (χ0v) is 12.6. The van der Waals surface area contributed by atoms with Crippen molar-refractivity contribution in [1.29, 1.82) is 0 Å². The number of ether oxygens (including phenoxy) is 1. The number of aliphatic carboxylic acids is 1. The fraction of sp³-hybridized carbons (Fsp3) is 0.467. The van der Waals surface area contributed by atoms with E-state index in [4.69, 9.17) is 9.84 Å². The van der Waals surface area contributed by atoms with Gasteiger partial charge in [-0.2, -0.15) is 0 Å². The van der Waals surface area contributed by atoms with Gasteiger partial charge < -0.3 is 20.5 Å². The van der Waals surface area contributed by atoms with Gasteiger partial charge in [-0.3, -0.25) is 0 Å². The number of hydrogen-bond acceptors (Lipinski definition) is 3. The molecule has 0 aliphatic carbocycles. The van der Waals surface area contributed by atoms with Crippen LogP contribution < -0.4 is 15.4 Å². The van der Waals surface area contributed by atoms with E-state index in [0.717, 1.165) is 0 Å². The first-order valence-electron chi connectivity index (χ1n) is 6.99. The van der Waals surface area contributed by atoms with Gasteiger partial charge in [0.05, 0.1) is 6.10 Å². The smallest absolute Gasteiger partial charge is 0.326 e. The Morgan fingerprint density at radius 2 is 1.86 bits per heavy atom. The first-order chi connectivity index (χ1) is 9.92. The van der Waals surface area contributed by atoms with Crippen LogP contribution in [0.3, 0.4) is 0 Å². The molecule has 3 N–H and O–H groups in total. The summed E-state index contributed by atoms with van der Waals surface area (Å²) in [6, 6.07) is 5.49. The molecule has 1 aromatic rings. The van der Waals surface area contributed by atoms with Crippen molar-refractivity contribution in [3.63, 3.8) is 0 Å². The Morgan fingerprint density at radius 1 is 1.24 bits per heavy atom. The van der Waals surface area contributed by atoms with E-state index in [2.05, 4.69) is 10.6 Å². The van der Waals surface area contributed by atoms with Crippen molar-refractivity contribution in [3.05, 3.63) is 24.3 Å². The second kappa shape index (κ2) is 8.14. The van der Waals surface area contributed by atoms with E-state index < -0.39 is 18.0 Å². The van der Waals surface area contributed by atoms with Crippen molar-refractivity contribution >= 4 is 17.7 Å². The van der Waals surface area contributed by atoms with Crippen molar-refractivity contribution in [3.8, 4) is 5.75 Å². The molecule has 1 atom stereocenters. The molecule has 116 valence electrons. The summed E-state index contributed by atoms with van der Waals surface area (Å²) in [4.78, 5) is 22.7.